The van der Waals surface area contributed by atoms with E-state index in [4.69, 9.17) is 14.9 Å². The Labute approximate surface area is 189 Å². The van der Waals surface area contributed by atoms with Crippen LogP contribution in [0.5, 0.6) is 11.6 Å². The van der Waals surface area contributed by atoms with Crippen LogP contribution >= 0.6 is 0 Å². The second-order valence-electron chi connectivity index (χ2n) is 7.33. The van der Waals surface area contributed by atoms with Crippen LogP contribution < -0.4 is 15.8 Å². The normalized spacial score (nSPS) is 10.8. The Hall–Kier alpha value is -4.72. The topological polar surface area (TPSA) is 116 Å². The van der Waals surface area contributed by atoms with Gasteiger partial charge in [-0.2, -0.15) is 4.98 Å². The van der Waals surface area contributed by atoms with E-state index in [2.05, 4.69) is 20.3 Å². The average Bonchev–Trinajstić information content (AvgIpc) is 3.35. The number of amides is 1. The van der Waals surface area contributed by atoms with E-state index in [1.54, 1.807) is 18.6 Å². The van der Waals surface area contributed by atoms with Crippen LogP contribution in [-0.2, 0) is 11.2 Å². The molecule has 3 N–H and O–H groups in total. The van der Waals surface area contributed by atoms with Gasteiger partial charge in [-0.25, -0.2) is 4.98 Å². The Kier molecular flexibility index (Phi) is 5.38. The molecule has 0 unspecified atom stereocenters. The van der Waals surface area contributed by atoms with Crippen LogP contribution in [-0.4, -0.2) is 20.9 Å². The first-order chi connectivity index (χ1) is 16.2. The third-order valence-electron chi connectivity index (χ3n) is 5.02. The van der Waals surface area contributed by atoms with Gasteiger partial charge in [0, 0.05) is 16.6 Å². The van der Waals surface area contributed by atoms with E-state index < -0.39 is 0 Å². The SMILES string of the molecule is NC(=O)Cc1cccc2c(Oc3cncc(Nc4cccc(-c5cnco5)c4)n3)cccc12. The van der Waals surface area contributed by atoms with Crippen LogP contribution in [0, 0.1) is 0 Å². The Morgan fingerprint density at radius 2 is 1.82 bits per heavy atom. The molecule has 8 nitrogen and oxygen atoms in total. The van der Waals surface area contributed by atoms with Crippen molar-refractivity contribution in [2.75, 3.05) is 5.32 Å². The largest absolute Gasteiger partial charge is 0.444 e. The van der Waals surface area contributed by atoms with E-state index in [1.165, 1.54) is 6.39 Å². The lowest BCUT2D eigenvalue weighted by atomic mass is 10.0. The van der Waals surface area contributed by atoms with Crippen LogP contribution in [0.1, 0.15) is 5.56 Å². The highest BCUT2D eigenvalue weighted by Crippen LogP contribution is 2.31. The number of nitrogens with one attached hydrogen (secondary N) is 1. The highest BCUT2D eigenvalue weighted by molar-refractivity contribution is 5.93. The van der Waals surface area contributed by atoms with Gasteiger partial charge in [0.15, 0.2) is 18.0 Å². The number of carbonyl (C=O) groups excluding carboxylic acids is 1. The summed E-state index contributed by atoms with van der Waals surface area (Å²) in [6.07, 6.45) is 6.37. The number of hydrogen-bond acceptors (Lipinski definition) is 7. The highest BCUT2D eigenvalue weighted by Gasteiger charge is 2.10. The zero-order chi connectivity index (χ0) is 22.6. The average molecular weight is 437 g/mol. The van der Waals surface area contributed by atoms with Crippen LogP contribution in [0.4, 0.5) is 11.5 Å². The van der Waals surface area contributed by atoms with Gasteiger partial charge in [0.05, 0.1) is 25.0 Å². The van der Waals surface area contributed by atoms with Crippen molar-refractivity contribution in [3.63, 3.8) is 0 Å². The van der Waals surface area contributed by atoms with Crippen molar-refractivity contribution in [3.05, 3.63) is 91.2 Å². The van der Waals surface area contributed by atoms with E-state index >= 15 is 0 Å². The minimum absolute atomic E-state index is 0.160. The number of ether oxygens (including phenoxy) is 1. The molecule has 5 aromatic rings. The Morgan fingerprint density at radius 1 is 0.970 bits per heavy atom. The van der Waals surface area contributed by atoms with Gasteiger partial charge < -0.3 is 20.2 Å². The standard InChI is InChI=1S/C25H19N5O3/c26-23(31)11-16-4-2-8-20-19(16)7-3-9-21(20)33-25-14-27-13-24(30-25)29-18-6-1-5-17(10-18)22-12-28-15-32-22/h1-10,12-15H,11H2,(H2,26,31)(H,29,30). The van der Waals surface area contributed by atoms with Gasteiger partial charge in [-0.15, -0.1) is 0 Å². The van der Waals surface area contributed by atoms with Crippen molar-refractivity contribution >= 4 is 28.2 Å². The van der Waals surface area contributed by atoms with Gasteiger partial charge in [-0.3, -0.25) is 9.78 Å². The van der Waals surface area contributed by atoms with Crippen molar-refractivity contribution in [3.8, 4) is 23.0 Å². The molecule has 8 heteroatoms. The summed E-state index contributed by atoms with van der Waals surface area (Å²) in [5, 5.41) is 4.99. The van der Waals surface area contributed by atoms with Crippen molar-refractivity contribution in [1.29, 1.82) is 0 Å². The van der Waals surface area contributed by atoms with Gasteiger partial charge in [-0.05, 0) is 29.1 Å². The summed E-state index contributed by atoms with van der Waals surface area (Å²) < 4.78 is 11.4. The quantitative estimate of drug-likeness (QED) is 0.374. The number of aromatic nitrogens is 3. The summed E-state index contributed by atoms with van der Waals surface area (Å²) in [5.74, 6) is 1.76. The number of benzene rings is 3. The molecule has 0 bridgehead atoms. The van der Waals surface area contributed by atoms with Gasteiger partial charge in [-0.1, -0.05) is 42.5 Å². The van der Waals surface area contributed by atoms with Crippen LogP contribution in [0.25, 0.3) is 22.1 Å². The van der Waals surface area contributed by atoms with Crippen molar-refractivity contribution < 1.29 is 13.9 Å². The van der Waals surface area contributed by atoms with E-state index in [0.717, 1.165) is 27.6 Å². The van der Waals surface area contributed by atoms with Crippen LogP contribution in [0.3, 0.4) is 0 Å². The second kappa shape index (κ2) is 8.80. The molecule has 0 aliphatic heterocycles. The molecule has 5 rings (SSSR count). The fourth-order valence-corrected chi connectivity index (χ4v) is 3.60. The van der Waals surface area contributed by atoms with Crippen molar-refractivity contribution in [1.82, 2.24) is 15.0 Å². The van der Waals surface area contributed by atoms with Gasteiger partial charge >= 0.3 is 0 Å². The predicted molar refractivity (Wildman–Crippen MR) is 124 cm³/mol. The van der Waals surface area contributed by atoms with Crippen LogP contribution in [0.2, 0.25) is 0 Å². The van der Waals surface area contributed by atoms with Crippen LogP contribution in [0.15, 0.2) is 90.1 Å². The first-order valence-electron chi connectivity index (χ1n) is 10.2. The minimum Gasteiger partial charge on any atom is -0.444 e. The number of hydrogen-bond donors (Lipinski definition) is 2. The number of rotatable bonds is 7. The molecule has 1 amide bonds. The molecule has 0 radical (unpaired) electrons. The smallest absolute Gasteiger partial charge is 0.239 e. The molecular formula is C25H19N5O3. The summed E-state index contributed by atoms with van der Waals surface area (Å²) >= 11 is 0. The molecule has 0 saturated heterocycles. The number of nitrogens with zero attached hydrogens (tertiary/aromatic N) is 3. The first kappa shape index (κ1) is 20.2. The van der Waals surface area contributed by atoms with E-state index in [-0.39, 0.29) is 12.3 Å². The third-order valence-corrected chi connectivity index (χ3v) is 5.02. The lowest BCUT2D eigenvalue weighted by Crippen LogP contribution is -2.13. The van der Waals surface area contributed by atoms with E-state index in [1.807, 2.05) is 60.7 Å². The molecular weight excluding hydrogens is 418 g/mol. The summed E-state index contributed by atoms with van der Waals surface area (Å²) in [7, 11) is 0. The molecule has 162 valence electrons. The number of anilines is 2. The summed E-state index contributed by atoms with van der Waals surface area (Å²) in [4.78, 5) is 24.2. The van der Waals surface area contributed by atoms with Gasteiger partial charge in [0.25, 0.3) is 0 Å². The fourth-order valence-electron chi connectivity index (χ4n) is 3.60. The molecule has 0 atom stereocenters. The lowest BCUT2D eigenvalue weighted by molar-refractivity contribution is -0.117. The number of carbonyl (C=O) groups is 1. The highest BCUT2D eigenvalue weighted by atomic mass is 16.5. The molecule has 3 aromatic carbocycles. The number of primary amides is 1. The molecule has 2 heterocycles. The maximum Gasteiger partial charge on any atom is 0.239 e. The zero-order valence-electron chi connectivity index (χ0n) is 17.4. The molecule has 2 aromatic heterocycles. The number of oxazole rings is 1. The Bertz CT molecular complexity index is 1430. The molecule has 33 heavy (non-hydrogen) atoms. The second-order valence-corrected chi connectivity index (χ2v) is 7.33. The number of fused-ring (bicyclic) bond motifs is 1. The first-order valence-corrected chi connectivity index (χ1v) is 10.2. The third kappa shape index (κ3) is 4.49. The van der Waals surface area contributed by atoms with Crippen molar-refractivity contribution in [2.45, 2.75) is 6.42 Å². The van der Waals surface area contributed by atoms with Gasteiger partial charge in [0.2, 0.25) is 11.8 Å². The summed E-state index contributed by atoms with van der Waals surface area (Å²) in [5.41, 5.74) is 7.94. The minimum atomic E-state index is -0.383. The number of nitrogens with two attached hydrogens (primary N) is 1. The fraction of sp³-hybridized carbons (Fsp3) is 0.0400. The summed E-state index contributed by atoms with van der Waals surface area (Å²) in [6.45, 7) is 0. The lowest BCUT2D eigenvalue weighted by Gasteiger charge is -2.12. The van der Waals surface area contributed by atoms with E-state index in [9.17, 15) is 4.79 Å². The summed E-state index contributed by atoms with van der Waals surface area (Å²) in [6, 6.07) is 19.0. The Balaban J connectivity index is 1.40. The molecule has 0 fully saturated rings. The maximum atomic E-state index is 11.4. The zero-order valence-corrected chi connectivity index (χ0v) is 17.4. The molecule has 0 aliphatic carbocycles. The van der Waals surface area contributed by atoms with Gasteiger partial charge in [0.1, 0.15) is 5.75 Å². The molecule has 0 saturated carbocycles. The maximum absolute atomic E-state index is 11.4. The molecule has 0 spiro atoms. The monoisotopic (exact) mass is 437 g/mol. The molecule has 0 aliphatic rings. The predicted octanol–water partition coefficient (Wildman–Crippen LogP) is 4.85. The Morgan fingerprint density at radius 3 is 2.67 bits per heavy atom. The van der Waals surface area contributed by atoms with E-state index in [0.29, 0.717) is 23.2 Å². The van der Waals surface area contributed by atoms with Crippen molar-refractivity contribution in [2.24, 2.45) is 5.73 Å².